The highest BCUT2D eigenvalue weighted by atomic mass is 16.1. The largest absolute Gasteiger partial charge is 0.299 e. The number of hydrogen-bond acceptors (Lipinski definition) is 1. The Hall–Kier alpha value is -0.850. The summed E-state index contributed by atoms with van der Waals surface area (Å²) in [5.74, 6) is 0.329. The maximum absolute atomic E-state index is 11.7. The molecule has 0 aromatic rings. The van der Waals surface area contributed by atoms with Crippen LogP contribution >= 0.6 is 0 Å². The zero-order valence-corrected chi connectivity index (χ0v) is 8.81. The van der Waals surface area contributed by atoms with Gasteiger partial charge in [0.15, 0.2) is 0 Å². The lowest BCUT2D eigenvalue weighted by atomic mass is 9.78. The molecule has 1 heteroatoms. The predicted octanol–water partition coefficient (Wildman–Crippen LogP) is 3.51. The second-order valence-electron chi connectivity index (χ2n) is 3.66. The average Bonchev–Trinajstić information content (AvgIpc) is 2.14. The van der Waals surface area contributed by atoms with Crippen molar-refractivity contribution in [2.45, 2.75) is 39.5 Å². The summed E-state index contributed by atoms with van der Waals surface area (Å²) in [4.78, 5) is 11.7. The fourth-order valence-electron chi connectivity index (χ4n) is 1.31. The first-order valence-corrected chi connectivity index (χ1v) is 4.85. The summed E-state index contributed by atoms with van der Waals surface area (Å²) in [6, 6.07) is 0. The van der Waals surface area contributed by atoms with Crippen molar-refractivity contribution < 1.29 is 4.79 Å². The highest BCUT2D eigenvalue weighted by molar-refractivity contribution is 5.84. The topological polar surface area (TPSA) is 17.1 Å². The van der Waals surface area contributed by atoms with Crippen molar-refractivity contribution in [2.75, 3.05) is 0 Å². The van der Waals surface area contributed by atoms with Crippen LogP contribution in [0.15, 0.2) is 25.3 Å². The van der Waals surface area contributed by atoms with E-state index in [-0.39, 0.29) is 5.41 Å². The molecule has 0 aliphatic rings. The molecule has 1 nitrogen and oxygen atoms in total. The van der Waals surface area contributed by atoms with Gasteiger partial charge in [-0.25, -0.2) is 0 Å². The molecule has 13 heavy (non-hydrogen) atoms. The number of ketones is 1. The van der Waals surface area contributed by atoms with Crippen molar-refractivity contribution in [1.82, 2.24) is 0 Å². The average molecular weight is 180 g/mol. The van der Waals surface area contributed by atoms with Crippen molar-refractivity contribution in [3.8, 4) is 0 Å². The summed E-state index contributed by atoms with van der Waals surface area (Å²) in [6.07, 6.45) is 6.68. The Kier molecular flexibility index (Phi) is 5.36. The minimum absolute atomic E-state index is 0.204. The van der Waals surface area contributed by atoms with Crippen LogP contribution in [-0.2, 0) is 4.79 Å². The minimum atomic E-state index is -0.204. The molecule has 1 atom stereocenters. The molecule has 0 radical (unpaired) electrons. The summed E-state index contributed by atoms with van der Waals surface area (Å²) in [5, 5.41) is 0. The molecular weight excluding hydrogens is 160 g/mol. The number of Topliss-reactive ketones (excluding diaryl/α,β-unsaturated/α-hetero) is 1. The van der Waals surface area contributed by atoms with Crippen molar-refractivity contribution in [2.24, 2.45) is 5.41 Å². The normalized spacial score (nSPS) is 14.6. The van der Waals surface area contributed by atoms with Crippen LogP contribution < -0.4 is 0 Å². The van der Waals surface area contributed by atoms with Gasteiger partial charge < -0.3 is 0 Å². The van der Waals surface area contributed by atoms with Crippen molar-refractivity contribution in [3.05, 3.63) is 25.3 Å². The second kappa shape index (κ2) is 5.74. The first-order valence-electron chi connectivity index (χ1n) is 4.85. The summed E-state index contributed by atoms with van der Waals surface area (Å²) in [7, 11) is 0. The van der Waals surface area contributed by atoms with Crippen molar-refractivity contribution >= 4 is 5.78 Å². The van der Waals surface area contributed by atoms with Gasteiger partial charge in [0, 0.05) is 11.8 Å². The van der Waals surface area contributed by atoms with E-state index >= 15 is 0 Å². The molecule has 0 heterocycles. The third kappa shape index (κ3) is 3.58. The van der Waals surface area contributed by atoms with Gasteiger partial charge in [-0.3, -0.25) is 4.79 Å². The van der Waals surface area contributed by atoms with E-state index in [2.05, 4.69) is 20.1 Å². The zero-order chi connectivity index (χ0) is 10.3. The van der Waals surface area contributed by atoms with E-state index in [4.69, 9.17) is 0 Å². The van der Waals surface area contributed by atoms with Gasteiger partial charge in [0.1, 0.15) is 5.78 Å². The molecule has 0 amide bonds. The van der Waals surface area contributed by atoms with E-state index in [0.29, 0.717) is 12.2 Å². The molecule has 0 aliphatic carbocycles. The maximum atomic E-state index is 11.7. The molecule has 0 rings (SSSR count). The predicted molar refractivity (Wildman–Crippen MR) is 57.7 cm³/mol. The van der Waals surface area contributed by atoms with Crippen LogP contribution in [0.1, 0.15) is 39.5 Å². The molecule has 0 saturated heterocycles. The first kappa shape index (κ1) is 12.2. The Labute approximate surface area is 81.5 Å². The van der Waals surface area contributed by atoms with Gasteiger partial charge in [0.2, 0.25) is 0 Å². The van der Waals surface area contributed by atoms with E-state index in [1.807, 2.05) is 13.0 Å². The SMILES string of the molecule is C=CCCC(=O)C(C)(CC)CC=C. The molecule has 0 spiro atoms. The number of carbonyl (C=O) groups is 1. The Morgan fingerprint density at radius 3 is 2.38 bits per heavy atom. The summed E-state index contributed by atoms with van der Waals surface area (Å²) < 4.78 is 0. The van der Waals surface area contributed by atoms with Crippen LogP contribution in [0.2, 0.25) is 0 Å². The fourth-order valence-corrected chi connectivity index (χ4v) is 1.31. The summed E-state index contributed by atoms with van der Waals surface area (Å²) in [6.45, 7) is 11.4. The van der Waals surface area contributed by atoms with E-state index in [1.165, 1.54) is 0 Å². The molecule has 1 unspecified atom stereocenters. The van der Waals surface area contributed by atoms with Crippen LogP contribution in [0.5, 0.6) is 0 Å². The highest BCUT2D eigenvalue weighted by Gasteiger charge is 2.28. The molecule has 0 bridgehead atoms. The first-order chi connectivity index (χ1) is 6.10. The van der Waals surface area contributed by atoms with E-state index in [1.54, 1.807) is 6.08 Å². The van der Waals surface area contributed by atoms with Gasteiger partial charge in [0.05, 0.1) is 0 Å². The van der Waals surface area contributed by atoms with Crippen LogP contribution in [-0.4, -0.2) is 5.78 Å². The van der Waals surface area contributed by atoms with Crippen LogP contribution in [0.25, 0.3) is 0 Å². The Morgan fingerprint density at radius 2 is 2.00 bits per heavy atom. The molecule has 0 N–H and O–H groups in total. The fraction of sp³-hybridized carbons (Fsp3) is 0.583. The molecule has 0 aromatic heterocycles. The standard InChI is InChI=1S/C12H20O/c1-5-8-9-11(13)12(4,7-3)10-6-2/h5-6H,1-2,7-10H2,3-4H3. The molecule has 74 valence electrons. The molecular formula is C12H20O. The number of hydrogen-bond donors (Lipinski definition) is 0. The Balaban J connectivity index is 4.27. The third-order valence-electron chi connectivity index (χ3n) is 2.62. The van der Waals surface area contributed by atoms with Crippen LogP contribution in [0, 0.1) is 5.41 Å². The zero-order valence-electron chi connectivity index (χ0n) is 8.81. The van der Waals surface area contributed by atoms with Gasteiger partial charge in [-0.1, -0.05) is 26.0 Å². The smallest absolute Gasteiger partial charge is 0.139 e. The summed E-state index contributed by atoms with van der Waals surface area (Å²) in [5.41, 5.74) is -0.204. The van der Waals surface area contributed by atoms with E-state index < -0.39 is 0 Å². The lowest BCUT2D eigenvalue weighted by Crippen LogP contribution is -2.26. The Bertz CT molecular complexity index is 193. The van der Waals surface area contributed by atoms with E-state index in [9.17, 15) is 4.79 Å². The van der Waals surface area contributed by atoms with Gasteiger partial charge in [-0.05, 0) is 19.3 Å². The van der Waals surface area contributed by atoms with E-state index in [0.717, 1.165) is 19.3 Å². The van der Waals surface area contributed by atoms with Gasteiger partial charge in [-0.15, -0.1) is 13.2 Å². The molecule has 0 aliphatic heterocycles. The quantitative estimate of drug-likeness (QED) is 0.548. The van der Waals surface area contributed by atoms with Crippen molar-refractivity contribution in [1.29, 1.82) is 0 Å². The summed E-state index contributed by atoms with van der Waals surface area (Å²) >= 11 is 0. The number of rotatable bonds is 7. The number of carbonyl (C=O) groups excluding carboxylic acids is 1. The maximum Gasteiger partial charge on any atom is 0.139 e. The second-order valence-corrected chi connectivity index (χ2v) is 3.66. The highest BCUT2D eigenvalue weighted by Crippen LogP contribution is 2.29. The lowest BCUT2D eigenvalue weighted by Gasteiger charge is -2.24. The van der Waals surface area contributed by atoms with Crippen LogP contribution in [0.3, 0.4) is 0 Å². The Morgan fingerprint density at radius 1 is 1.38 bits per heavy atom. The molecule has 0 aromatic carbocycles. The minimum Gasteiger partial charge on any atom is -0.299 e. The van der Waals surface area contributed by atoms with Crippen LogP contribution in [0.4, 0.5) is 0 Å². The van der Waals surface area contributed by atoms with Gasteiger partial charge >= 0.3 is 0 Å². The van der Waals surface area contributed by atoms with Gasteiger partial charge in [-0.2, -0.15) is 0 Å². The van der Waals surface area contributed by atoms with Gasteiger partial charge in [0.25, 0.3) is 0 Å². The molecule has 0 saturated carbocycles. The molecule has 0 fully saturated rings. The third-order valence-corrected chi connectivity index (χ3v) is 2.62. The number of allylic oxidation sites excluding steroid dienone is 2. The van der Waals surface area contributed by atoms with Crippen molar-refractivity contribution in [3.63, 3.8) is 0 Å². The monoisotopic (exact) mass is 180 g/mol. The lowest BCUT2D eigenvalue weighted by molar-refractivity contribution is -0.127.